The minimum atomic E-state index is 0.493. The fraction of sp³-hybridized carbons (Fsp3) is 0.148. The summed E-state index contributed by atoms with van der Waals surface area (Å²) in [5.74, 6) is 1.60. The molecule has 0 bridgehead atoms. The normalized spacial score (nSPS) is 13.9. The highest BCUT2D eigenvalue weighted by molar-refractivity contribution is 6.26. The third-order valence-electron chi connectivity index (χ3n) is 5.39. The zero-order valence-corrected chi connectivity index (χ0v) is 17.8. The predicted molar refractivity (Wildman–Crippen MR) is 128 cm³/mol. The maximum Gasteiger partial charge on any atom is 0.144 e. The van der Waals surface area contributed by atoms with Gasteiger partial charge in [-0.2, -0.15) is 0 Å². The van der Waals surface area contributed by atoms with E-state index in [4.69, 9.17) is 17.6 Å². The molecule has 0 fully saturated rings. The van der Waals surface area contributed by atoms with Crippen LogP contribution in [0.25, 0.3) is 0 Å². The van der Waals surface area contributed by atoms with E-state index in [0.717, 1.165) is 47.1 Å². The molecule has 0 amide bonds. The molecule has 0 spiro atoms. The maximum absolute atomic E-state index is 6.29. The van der Waals surface area contributed by atoms with Crippen molar-refractivity contribution in [2.45, 2.75) is 20.0 Å². The lowest BCUT2D eigenvalue weighted by atomic mass is 9.88. The van der Waals surface area contributed by atoms with Gasteiger partial charge in [-0.3, -0.25) is 0 Å². The van der Waals surface area contributed by atoms with Crippen molar-refractivity contribution < 1.29 is 4.74 Å². The summed E-state index contributed by atoms with van der Waals surface area (Å²) in [5, 5.41) is 0. The second kappa shape index (κ2) is 9.52. The fourth-order valence-electron chi connectivity index (χ4n) is 3.61. The number of hydrogen-bond acceptors (Lipinski definition) is 3. The molecule has 3 nitrogen and oxygen atoms in total. The monoisotopic (exact) mass is 404 g/mol. The number of nitrogens with zero attached hydrogens (tertiary/aromatic N) is 2. The molecule has 0 aromatic heterocycles. The van der Waals surface area contributed by atoms with Crippen molar-refractivity contribution in [3.8, 4) is 5.75 Å². The number of aliphatic imine (C=N–C) groups is 1. The first-order chi connectivity index (χ1) is 15.1. The molecule has 1 heterocycles. The summed E-state index contributed by atoms with van der Waals surface area (Å²) in [6.45, 7) is 7.40. The minimum Gasteiger partial charge on any atom is -0.488 e. The van der Waals surface area contributed by atoms with Crippen molar-refractivity contribution >= 4 is 13.7 Å². The van der Waals surface area contributed by atoms with Gasteiger partial charge in [-0.15, -0.1) is 0 Å². The van der Waals surface area contributed by atoms with Crippen LogP contribution in [0.3, 0.4) is 0 Å². The van der Waals surface area contributed by atoms with Gasteiger partial charge in [-0.25, -0.2) is 4.99 Å². The van der Waals surface area contributed by atoms with E-state index in [1.54, 1.807) is 0 Å². The SMILES string of the molecule is [B]C1=C(C)N=C(c2ccccc2OCc2ccccc2)N(CCc2ccccc2)C1=C. The van der Waals surface area contributed by atoms with Crippen LogP contribution in [0.15, 0.2) is 113 Å². The number of rotatable bonds is 7. The lowest BCUT2D eigenvalue weighted by molar-refractivity contribution is 0.305. The van der Waals surface area contributed by atoms with E-state index in [9.17, 15) is 0 Å². The van der Waals surface area contributed by atoms with Gasteiger partial charge in [0.1, 0.15) is 26.0 Å². The highest BCUT2D eigenvalue weighted by Gasteiger charge is 2.25. The highest BCUT2D eigenvalue weighted by Crippen LogP contribution is 2.29. The smallest absolute Gasteiger partial charge is 0.144 e. The molecular weight excluding hydrogens is 379 g/mol. The summed E-state index contributed by atoms with van der Waals surface area (Å²) in [6.07, 6.45) is 0.859. The Bertz CT molecular complexity index is 1120. The zero-order valence-electron chi connectivity index (χ0n) is 17.8. The van der Waals surface area contributed by atoms with Crippen LogP contribution in [0.2, 0.25) is 0 Å². The lowest BCUT2D eigenvalue weighted by Crippen LogP contribution is -2.36. The number of amidine groups is 1. The van der Waals surface area contributed by atoms with Crippen LogP contribution in [-0.2, 0) is 13.0 Å². The number of benzene rings is 3. The van der Waals surface area contributed by atoms with Crippen LogP contribution >= 0.6 is 0 Å². The molecule has 3 aromatic carbocycles. The van der Waals surface area contributed by atoms with E-state index in [1.807, 2.05) is 55.5 Å². The largest absolute Gasteiger partial charge is 0.488 e. The molecule has 4 rings (SSSR count). The van der Waals surface area contributed by atoms with Crippen molar-refractivity contribution in [3.63, 3.8) is 0 Å². The summed E-state index contributed by atoms with van der Waals surface area (Å²) in [4.78, 5) is 6.95. The van der Waals surface area contributed by atoms with Crippen LogP contribution in [0.1, 0.15) is 23.6 Å². The first kappa shape index (κ1) is 20.7. The molecule has 31 heavy (non-hydrogen) atoms. The van der Waals surface area contributed by atoms with Crippen LogP contribution in [0, 0.1) is 0 Å². The Morgan fingerprint density at radius 3 is 2.19 bits per heavy atom. The average Bonchev–Trinajstić information content (AvgIpc) is 2.82. The van der Waals surface area contributed by atoms with Gasteiger partial charge in [0.15, 0.2) is 0 Å². The molecule has 3 aromatic rings. The molecule has 0 atom stereocenters. The predicted octanol–water partition coefficient (Wildman–Crippen LogP) is 5.48. The molecule has 0 N–H and O–H groups in total. The van der Waals surface area contributed by atoms with E-state index in [0.29, 0.717) is 12.1 Å². The summed E-state index contributed by atoms with van der Waals surface area (Å²) in [7, 11) is 6.29. The Morgan fingerprint density at radius 2 is 1.48 bits per heavy atom. The van der Waals surface area contributed by atoms with Crippen LogP contribution in [0.5, 0.6) is 5.75 Å². The maximum atomic E-state index is 6.29. The van der Waals surface area contributed by atoms with Gasteiger partial charge in [0.25, 0.3) is 0 Å². The molecule has 0 unspecified atom stereocenters. The standard InChI is InChI=1S/C27H25BN2O/c1-20-26(28)21(2)30(18-17-22-11-5-3-6-12-22)27(29-20)24-15-9-10-16-25(24)31-19-23-13-7-4-8-14-23/h3-16H,2,17-19H2,1H3. The topological polar surface area (TPSA) is 24.8 Å². The molecule has 0 saturated carbocycles. The van der Waals surface area contributed by atoms with Crippen molar-refractivity contribution in [3.05, 3.63) is 125 Å². The van der Waals surface area contributed by atoms with Gasteiger partial charge in [-0.1, -0.05) is 84.8 Å². The Balaban J connectivity index is 1.63. The van der Waals surface area contributed by atoms with Gasteiger partial charge < -0.3 is 9.64 Å². The average molecular weight is 404 g/mol. The first-order valence-electron chi connectivity index (χ1n) is 10.5. The quantitative estimate of drug-likeness (QED) is 0.487. The second-order valence-corrected chi connectivity index (χ2v) is 7.54. The van der Waals surface area contributed by atoms with Gasteiger partial charge >= 0.3 is 0 Å². The molecule has 152 valence electrons. The minimum absolute atomic E-state index is 0.493. The highest BCUT2D eigenvalue weighted by atomic mass is 16.5. The molecule has 2 radical (unpaired) electrons. The summed E-state index contributed by atoms with van der Waals surface area (Å²) < 4.78 is 6.20. The Labute approximate surface area is 185 Å². The summed E-state index contributed by atoms with van der Waals surface area (Å²) >= 11 is 0. The zero-order chi connectivity index (χ0) is 21.6. The van der Waals surface area contributed by atoms with Gasteiger partial charge in [0.2, 0.25) is 0 Å². The molecule has 4 heteroatoms. The Hall–Kier alpha value is -3.53. The van der Waals surface area contributed by atoms with Crippen LogP contribution < -0.4 is 4.74 Å². The first-order valence-corrected chi connectivity index (χ1v) is 10.5. The van der Waals surface area contributed by atoms with Gasteiger partial charge in [0.05, 0.1) is 5.56 Å². The summed E-state index contributed by atoms with van der Waals surface area (Å²) in [5.41, 5.74) is 5.48. The van der Waals surface area contributed by atoms with Crippen LogP contribution in [0.4, 0.5) is 0 Å². The van der Waals surface area contributed by atoms with E-state index < -0.39 is 0 Å². The molecule has 1 aliphatic rings. The van der Waals surface area contributed by atoms with Crippen LogP contribution in [-0.4, -0.2) is 25.1 Å². The van der Waals surface area contributed by atoms with E-state index in [2.05, 4.69) is 47.9 Å². The van der Waals surface area contributed by atoms with Crippen molar-refractivity contribution in [1.29, 1.82) is 0 Å². The Kier molecular flexibility index (Phi) is 6.37. The van der Waals surface area contributed by atoms with E-state index in [1.165, 1.54) is 5.56 Å². The third-order valence-corrected chi connectivity index (χ3v) is 5.39. The summed E-state index contributed by atoms with van der Waals surface area (Å²) in [6, 6.07) is 28.6. The van der Waals surface area contributed by atoms with Crippen molar-refractivity contribution in [2.75, 3.05) is 6.54 Å². The van der Waals surface area contributed by atoms with E-state index >= 15 is 0 Å². The lowest BCUT2D eigenvalue weighted by Gasteiger charge is -2.33. The fourth-order valence-corrected chi connectivity index (χ4v) is 3.61. The van der Waals surface area contributed by atoms with E-state index in [-0.39, 0.29) is 0 Å². The Morgan fingerprint density at radius 1 is 0.871 bits per heavy atom. The van der Waals surface area contributed by atoms with Gasteiger partial charge in [0, 0.05) is 17.9 Å². The van der Waals surface area contributed by atoms with Gasteiger partial charge in [-0.05, 0) is 36.6 Å². The number of allylic oxidation sites excluding steroid dienone is 2. The number of ether oxygens (including phenoxy) is 1. The molecule has 0 aliphatic carbocycles. The second-order valence-electron chi connectivity index (χ2n) is 7.54. The molecule has 1 aliphatic heterocycles. The van der Waals surface area contributed by atoms with Crippen molar-refractivity contribution in [1.82, 2.24) is 4.90 Å². The van der Waals surface area contributed by atoms with Crippen molar-refractivity contribution in [2.24, 2.45) is 4.99 Å². The number of hydrogen-bond donors (Lipinski definition) is 0. The third kappa shape index (κ3) is 4.80. The number of para-hydroxylation sites is 1. The molecular formula is C27H25BN2O. The molecule has 0 saturated heterocycles.